The van der Waals surface area contributed by atoms with Gasteiger partial charge in [0, 0.05) is 17.7 Å². The van der Waals surface area contributed by atoms with Crippen molar-refractivity contribution in [2.75, 3.05) is 11.9 Å². The largest absolute Gasteiger partial charge is 0.539 e. The number of rotatable bonds is 6. The van der Waals surface area contributed by atoms with Gasteiger partial charge in [0.05, 0.1) is 30.0 Å². The molecule has 2 aromatic carbocycles. The highest BCUT2D eigenvalue weighted by atomic mass is 16.6. The Balaban J connectivity index is 1.55. The Labute approximate surface area is 177 Å². The Kier molecular flexibility index (Phi) is 5.22. The second-order valence-corrected chi connectivity index (χ2v) is 7.17. The molecule has 1 aliphatic rings. The average molecular weight is 421 g/mol. The quantitative estimate of drug-likeness (QED) is 0.433. The van der Waals surface area contributed by atoms with Crippen molar-refractivity contribution < 1.29 is 28.7 Å². The van der Waals surface area contributed by atoms with Crippen LogP contribution in [0, 0.1) is 0 Å². The number of likely N-dealkylation sites (N-methyl/N-ethyl adjacent to an activating group) is 1. The van der Waals surface area contributed by atoms with Gasteiger partial charge in [0.25, 0.3) is 11.6 Å². The van der Waals surface area contributed by atoms with Gasteiger partial charge < -0.3 is 15.4 Å². The molecule has 0 radical (unpaired) electrons. The van der Waals surface area contributed by atoms with Gasteiger partial charge >= 0.3 is 0 Å². The molecule has 0 saturated carbocycles. The fourth-order valence-corrected chi connectivity index (χ4v) is 3.52. The van der Waals surface area contributed by atoms with Gasteiger partial charge in [0.1, 0.15) is 0 Å². The van der Waals surface area contributed by atoms with Gasteiger partial charge in [0.2, 0.25) is 17.5 Å². The number of hydrogen-bond acceptors (Lipinski definition) is 7. The molecular formula is C21H19N5O5. The van der Waals surface area contributed by atoms with Crippen LogP contribution in [0.3, 0.4) is 0 Å². The first-order chi connectivity index (χ1) is 14.9. The zero-order chi connectivity index (χ0) is 22.1. The van der Waals surface area contributed by atoms with Crippen molar-refractivity contribution in [2.45, 2.75) is 19.0 Å². The predicted octanol–water partition coefficient (Wildman–Crippen LogP) is -0.112. The minimum atomic E-state index is -0.762. The Morgan fingerprint density at radius 3 is 2.55 bits per heavy atom. The molecule has 1 unspecified atom stereocenters. The normalized spacial score (nSPS) is 16.3. The van der Waals surface area contributed by atoms with Crippen molar-refractivity contribution in [1.82, 2.24) is 10.2 Å². The molecule has 3 amide bonds. The van der Waals surface area contributed by atoms with E-state index in [1.807, 2.05) is 6.07 Å². The van der Waals surface area contributed by atoms with E-state index in [1.54, 1.807) is 36.2 Å². The predicted molar refractivity (Wildman–Crippen MR) is 105 cm³/mol. The molecule has 2 N–H and O–H groups in total. The van der Waals surface area contributed by atoms with Crippen molar-refractivity contribution in [3.8, 4) is 11.6 Å². The van der Waals surface area contributed by atoms with E-state index < -0.39 is 23.8 Å². The van der Waals surface area contributed by atoms with Crippen LogP contribution in [0.2, 0.25) is 0 Å². The lowest BCUT2D eigenvalue weighted by Crippen LogP contribution is -2.44. The molecule has 10 nitrogen and oxygen atoms in total. The van der Waals surface area contributed by atoms with Gasteiger partial charge in [-0.05, 0) is 36.0 Å². The van der Waals surface area contributed by atoms with E-state index >= 15 is 0 Å². The van der Waals surface area contributed by atoms with Gasteiger partial charge in [-0.2, -0.15) is 0 Å². The molecule has 1 fully saturated rings. The Morgan fingerprint density at radius 2 is 1.90 bits per heavy atom. The number of anilines is 1. The van der Waals surface area contributed by atoms with E-state index in [-0.39, 0.29) is 30.1 Å². The molecule has 1 aromatic heterocycles. The SMILES string of the molecule is CN(Cc1c([O-])on[n+]1-c1ccccc1)C1CC(=O)N(c2ccc(C(N)=O)cc2)C1=O. The van der Waals surface area contributed by atoms with Crippen molar-refractivity contribution in [1.29, 1.82) is 0 Å². The molecule has 4 rings (SSSR count). The summed E-state index contributed by atoms with van der Waals surface area (Å²) in [6.07, 6.45) is -0.0439. The lowest BCUT2D eigenvalue weighted by atomic mass is 10.2. The van der Waals surface area contributed by atoms with E-state index in [2.05, 4.69) is 5.27 Å². The monoisotopic (exact) mass is 421 g/mol. The lowest BCUT2D eigenvalue weighted by molar-refractivity contribution is -0.678. The third kappa shape index (κ3) is 3.76. The molecule has 0 bridgehead atoms. The summed E-state index contributed by atoms with van der Waals surface area (Å²) < 4.78 is 6.19. The first-order valence-corrected chi connectivity index (χ1v) is 9.47. The number of aromatic nitrogens is 2. The van der Waals surface area contributed by atoms with Crippen LogP contribution >= 0.6 is 0 Å². The average Bonchev–Trinajstić information content (AvgIpc) is 3.27. The van der Waals surface area contributed by atoms with Crippen LogP contribution in [0.5, 0.6) is 5.95 Å². The second-order valence-electron chi connectivity index (χ2n) is 7.17. The summed E-state index contributed by atoms with van der Waals surface area (Å²) in [5.41, 5.74) is 6.73. The summed E-state index contributed by atoms with van der Waals surface area (Å²) in [5.74, 6) is -2.02. The second kappa shape index (κ2) is 8.00. The number of benzene rings is 2. The first-order valence-electron chi connectivity index (χ1n) is 9.47. The molecular weight excluding hydrogens is 402 g/mol. The number of carbonyl (C=O) groups is 3. The minimum absolute atomic E-state index is 0.0439. The standard InChI is InChI=1S/C21H19N5O5/c1-24(12-17-21(30)31-23-26(17)15-5-3-2-4-6-15)16-11-18(27)25(20(16)29)14-9-7-13(8-10-14)19(22)28/h2-10,16H,11-12H2,1H3,(H2-,22,23,28,30). The van der Waals surface area contributed by atoms with E-state index in [0.717, 1.165) is 4.90 Å². The molecule has 3 aromatic rings. The number of imide groups is 1. The van der Waals surface area contributed by atoms with Crippen molar-refractivity contribution in [3.05, 3.63) is 65.9 Å². The third-order valence-corrected chi connectivity index (χ3v) is 5.16. The van der Waals surface area contributed by atoms with Crippen molar-refractivity contribution >= 4 is 23.4 Å². The van der Waals surface area contributed by atoms with Crippen LogP contribution in [0.25, 0.3) is 5.69 Å². The highest BCUT2D eigenvalue weighted by Crippen LogP contribution is 2.26. The Morgan fingerprint density at radius 1 is 1.23 bits per heavy atom. The zero-order valence-electron chi connectivity index (χ0n) is 16.6. The first kappa shape index (κ1) is 20.2. The van der Waals surface area contributed by atoms with Crippen molar-refractivity contribution in [2.24, 2.45) is 5.73 Å². The molecule has 158 valence electrons. The molecule has 1 aliphatic heterocycles. The summed E-state index contributed by atoms with van der Waals surface area (Å²) in [4.78, 5) is 39.5. The number of hydrogen-bond donors (Lipinski definition) is 1. The molecule has 2 heterocycles. The van der Waals surface area contributed by atoms with Gasteiger partial charge in [-0.1, -0.05) is 18.2 Å². The number of amides is 3. The molecule has 1 saturated heterocycles. The van der Waals surface area contributed by atoms with Crippen LogP contribution in [-0.2, 0) is 16.1 Å². The maximum Gasteiger partial charge on any atom is 0.254 e. The number of nitrogens with zero attached hydrogens (tertiary/aromatic N) is 4. The number of nitrogens with two attached hydrogens (primary N) is 1. The summed E-state index contributed by atoms with van der Waals surface area (Å²) in [6, 6.07) is 14.1. The maximum absolute atomic E-state index is 13.0. The Hall–Kier alpha value is -4.05. The van der Waals surface area contributed by atoms with E-state index in [4.69, 9.17) is 10.3 Å². The molecule has 10 heteroatoms. The highest BCUT2D eigenvalue weighted by molar-refractivity contribution is 6.22. The summed E-state index contributed by atoms with van der Waals surface area (Å²) in [6.45, 7) is 0.0510. The lowest BCUT2D eigenvalue weighted by Gasteiger charge is -2.21. The molecule has 31 heavy (non-hydrogen) atoms. The van der Waals surface area contributed by atoms with E-state index in [9.17, 15) is 19.5 Å². The van der Waals surface area contributed by atoms with Crippen LogP contribution < -0.4 is 20.4 Å². The molecule has 1 atom stereocenters. The van der Waals surface area contributed by atoms with E-state index in [1.165, 1.54) is 28.9 Å². The van der Waals surface area contributed by atoms with Crippen LogP contribution in [0.4, 0.5) is 5.69 Å². The minimum Gasteiger partial charge on any atom is -0.539 e. The molecule has 0 aliphatic carbocycles. The van der Waals surface area contributed by atoms with Crippen molar-refractivity contribution in [3.63, 3.8) is 0 Å². The number of carbonyl (C=O) groups excluding carboxylic acids is 3. The summed E-state index contributed by atoms with van der Waals surface area (Å²) >= 11 is 0. The topological polar surface area (TPSA) is 137 Å². The van der Waals surface area contributed by atoms with Gasteiger partial charge in [0.15, 0.2) is 5.95 Å². The molecule has 0 spiro atoms. The summed E-state index contributed by atoms with van der Waals surface area (Å²) in [5, 5.41) is 16.0. The van der Waals surface area contributed by atoms with Gasteiger partial charge in [-0.25, -0.2) is 4.90 Å². The van der Waals surface area contributed by atoms with Gasteiger partial charge in [-0.15, -0.1) is 0 Å². The number of para-hydroxylation sites is 1. The zero-order valence-corrected chi connectivity index (χ0v) is 16.6. The van der Waals surface area contributed by atoms with Gasteiger partial charge in [-0.3, -0.25) is 19.3 Å². The van der Waals surface area contributed by atoms with Crippen LogP contribution in [-0.4, -0.2) is 41.0 Å². The smallest absolute Gasteiger partial charge is 0.254 e. The third-order valence-electron chi connectivity index (χ3n) is 5.16. The fraction of sp³-hybridized carbons (Fsp3) is 0.190. The summed E-state index contributed by atoms with van der Waals surface area (Å²) in [7, 11) is 1.65. The fourth-order valence-electron chi connectivity index (χ4n) is 3.52. The highest BCUT2D eigenvalue weighted by Gasteiger charge is 2.42. The number of primary amides is 1. The van der Waals surface area contributed by atoms with Crippen LogP contribution in [0.1, 0.15) is 22.5 Å². The maximum atomic E-state index is 13.0. The van der Waals surface area contributed by atoms with E-state index in [0.29, 0.717) is 11.4 Å². The van der Waals surface area contributed by atoms with Crippen LogP contribution in [0.15, 0.2) is 59.1 Å². The Bertz CT molecular complexity index is 1140.